The van der Waals surface area contributed by atoms with Gasteiger partial charge in [-0.1, -0.05) is 12.0 Å². The van der Waals surface area contributed by atoms with Gasteiger partial charge >= 0.3 is 12.1 Å². The van der Waals surface area contributed by atoms with Crippen molar-refractivity contribution in [3.8, 4) is 12.3 Å². The van der Waals surface area contributed by atoms with E-state index in [0.717, 1.165) is 6.07 Å². The van der Waals surface area contributed by atoms with Crippen LogP contribution >= 0.6 is 0 Å². The molecule has 2 amide bonds. The molecule has 134 valence electrons. The number of alkyl carbamates (subject to hydrolysis) is 1. The van der Waals surface area contributed by atoms with E-state index in [-0.39, 0.29) is 23.6 Å². The highest BCUT2D eigenvalue weighted by molar-refractivity contribution is 7.89. The number of carbonyl (C=O) groups is 3. The Morgan fingerprint density at radius 3 is 2.60 bits per heavy atom. The minimum Gasteiger partial charge on any atom is -0.452 e. The van der Waals surface area contributed by atoms with Crippen LogP contribution in [-0.4, -0.2) is 46.1 Å². The van der Waals surface area contributed by atoms with Crippen LogP contribution < -0.4 is 10.0 Å². The topological polar surface area (TPSA) is 128 Å². The van der Waals surface area contributed by atoms with Crippen molar-refractivity contribution in [2.24, 2.45) is 0 Å². The minimum absolute atomic E-state index is 0.0773. The fourth-order valence-electron chi connectivity index (χ4n) is 1.54. The zero-order chi connectivity index (χ0) is 18.9. The van der Waals surface area contributed by atoms with E-state index in [9.17, 15) is 22.8 Å². The molecule has 0 fully saturated rings. The molecule has 0 aliphatic carbocycles. The quantitative estimate of drug-likeness (QED) is 0.513. The van der Waals surface area contributed by atoms with Crippen LogP contribution in [0.5, 0.6) is 0 Å². The number of benzene rings is 1. The number of hydrogen-bond acceptors (Lipinski definition) is 7. The third-order valence-electron chi connectivity index (χ3n) is 2.60. The van der Waals surface area contributed by atoms with E-state index < -0.39 is 34.6 Å². The summed E-state index contributed by atoms with van der Waals surface area (Å²) < 4.78 is 35.2. The maximum atomic E-state index is 11.9. The summed E-state index contributed by atoms with van der Waals surface area (Å²) in [6.07, 6.45) is 4.03. The van der Waals surface area contributed by atoms with Gasteiger partial charge in [0.15, 0.2) is 6.61 Å². The molecule has 0 unspecified atom stereocenters. The highest BCUT2D eigenvalue weighted by atomic mass is 32.2. The fraction of sp³-hybridized carbons (Fsp3) is 0.267. The number of nitrogens with one attached hydrogen (secondary N) is 2. The van der Waals surface area contributed by atoms with Gasteiger partial charge in [0.25, 0.3) is 5.91 Å². The van der Waals surface area contributed by atoms with E-state index >= 15 is 0 Å². The molecule has 0 radical (unpaired) electrons. The van der Waals surface area contributed by atoms with Gasteiger partial charge in [-0.25, -0.2) is 18.0 Å². The molecular formula is C15H16N2O7S. The second kappa shape index (κ2) is 9.41. The van der Waals surface area contributed by atoms with Gasteiger partial charge in [0, 0.05) is 0 Å². The summed E-state index contributed by atoms with van der Waals surface area (Å²) in [5.41, 5.74) is -0.0903. The van der Waals surface area contributed by atoms with Crippen LogP contribution in [-0.2, 0) is 24.3 Å². The van der Waals surface area contributed by atoms with Gasteiger partial charge in [0.05, 0.1) is 23.6 Å². The first-order chi connectivity index (χ1) is 11.8. The first kappa shape index (κ1) is 20.1. The van der Waals surface area contributed by atoms with E-state index in [0.29, 0.717) is 0 Å². The number of rotatable bonds is 7. The molecular weight excluding hydrogens is 352 g/mol. The number of imide groups is 1. The van der Waals surface area contributed by atoms with Crippen molar-refractivity contribution in [3.05, 3.63) is 29.8 Å². The molecule has 0 heterocycles. The lowest BCUT2D eigenvalue weighted by atomic mass is 10.2. The largest absolute Gasteiger partial charge is 0.452 e. The molecule has 0 saturated heterocycles. The van der Waals surface area contributed by atoms with Crippen LogP contribution in [0, 0.1) is 12.3 Å². The average molecular weight is 368 g/mol. The molecule has 25 heavy (non-hydrogen) atoms. The number of terminal acetylenes is 1. The van der Waals surface area contributed by atoms with Crippen molar-refractivity contribution in [3.63, 3.8) is 0 Å². The van der Waals surface area contributed by atoms with Gasteiger partial charge in [-0.3, -0.25) is 10.1 Å². The Morgan fingerprint density at radius 2 is 1.96 bits per heavy atom. The van der Waals surface area contributed by atoms with Gasteiger partial charge in [0.1, 0.15) is 0 Å². The lowest BCUT2D eigenvalue weighted by Crippen LogP contribution is -2.34. The summed E-state index contributed by atoms with van der Waals surface area (Å²) in [6, 6.07) is 4.99. The summed E-state index contributed by atoms with van der Waals surface area (Å²) in [6.45, 7) is 0.701. The van der Waals surface area contributed by atoms with E-state index in [2.05, 4.69) is 15.4 Å². The number of amides is 2. The molecule has 9 nitrogen and oxygen atoms in total. The summed E-state index contributed by atoms with van der Waals surface area (Å²) in [5.74, 6) is 0.304. The normalized spacial score (nSPS) is 10.4. The van der Waals surface area contributed by atoms with Gasteiger partial charge in [-0.15, -0.1) is 6.42 Å². The molecule has 0 bridgehead atoms. The minimum atomic E-state index is -3.87. The monoisotopic (exact) mass is 368 g/mol. The van der Waals surface area contributed by atoms with E-state index in [1.807, 2.05) is 5.32 Å². The number of sulfonamides is 1. The lowest BCUT2D eigenvalue weighted by Gasteiger charge is -2.08. The van der Waals surface area contributed by atoms with Crippen LogP contribution in [0.4, 0.5) is 4.79 Å². The maximum Gasteiger partial charge on any atom is 0.413 e. The second-order valence-electron chi connectivity index (χ2n) is 4.40. The first-order valence-electron chi connectivity index (χ1n) is 6.97. The fourth-order valence-corrected chi connectivity index (χ4v) is 2.52. The highest BCUT2D eigenvalue weighted by Gasteiger charge is 2.17. The molecule has 0 aliphatic rings. The molecule has 0 aromatic heterocycles. The molecule has 0 saturated carbocycles. The third kappa shape index (κ3) is 6.62. The summed E-state index contributed by atoms with van der Waals surface area (Å²) >= 11 is 0. The third-order valence-corrected chi connectivity index (χ3v) is 3.99. The Kier molecular flexibility index (Phi) is 7.58. The standard InChI is InChI=1S/C15H16N2O7S/c1-3-8-16-25(21,22)12-7-5-6-11(9-12)14(19)24-10-13(18)17-15(20)23-4-2/h1,5-7,9,16H,4,8,10H2,2H3,(H,17,18,20). The van der Waals surface area contributed by atoms with Crippen LogP contribution in [0.25, 0.3) is 0 Å². The van der Waals surface area contributed by atoms with Crippen molar-refractivity contribution in [2.45, 2.75) is 11.8 Å². The zero-order valence-electron chi connectivity index (χ0n) is 13.3. The molecule has 10 heteroatoms. The Hall–Kier alpha value is -2.90. The second-order valence-corrected chi connectivity index (χ2v) is 6.17. The molecule has 0 atom stereocenters. The Balaban J connectivity index is 2.71. The summed E-state index contributed by atoms with van der Waals surface area (Å²) in [5, 5.41) is 1.84. The molecule has 1 aromatic rings. The van der Waals surface area contributed by atoms with Crippen molar-refractivity contribution < 1.29 is 32.3 Å². The van der Waals surface area contributed by atoms with Crippen LogP contribution in [0.2, 0.25) is 0 Å². The van der Waals surface area contributed by atoms with Crippen molar-refractivity contribution >= 4 is 28.0 Å². The lowest BCUT2D eigenvalue weighted by molar-refractivity contribution is -0.123. The molecule has 0 spiro atoms. The van der Waals surface area contributed by atoms with E-state index in [1.165, 1.54) is 18.2 Å². The van der Waals surface area contributed by atoms with Crippen molar-refractivity contribution in [2.75, 3.05) is 19.8 Å². The summed E-state index contributed by atoms with van der Waals surface area (Å²) in [4.78, 5) is 34.1. The van der Waals surface area contributed by atoms with Crippen LogP contribution in [0.15, 0.2) is 29.2 Å². The number of carbonyl (C=O) groups excluding carboxylic acids is 3. The number of ether oxygens (including phenoxy) is 2. The van der Waals surface area contributed by atoms with Crippen molar-refractivity contribution in [1.29, 1.82) is 0 Å². The average Bonchev–Trinajstić information content (AvgIpc) is 2.58. The van der Waals surface area contributed by atoms with E-state index in [4.69, 9.17) is 11.2 Å². The van der Waals surface area contributed by atoms with Gasteiger partial charge in [0.2, 0.25) is 10.0 Å². The SMILES string of the molecule is C#CCNS(=O)(=O)c1cccc(C(=O)OCC(=O)NC(=O)OCC)c1. The molecule has 2 N–H and O–H groups in total. The van der Waals surface area contributed by atoms with Gasteiger partial charge in [-0.2, -0.15) is 4.72 Å². The van der Waals surface area contributed by atoms with Crippen molar-refractivity contribution in [1.82, 2.24) is 10.0 Å². The molecule has 1 rings (SSSR count). The number of esters is 1. The summed E-state index contributed by atoms with van der Waals surface area (Å²) in [7, 11) is -3.87. The van der Waals surface area contributed by atoms with E-state index in [1.54, 1.807) is 6.92 Å². The van der Waals surface area contributed by atoms with Crippen LogP contribution in [0.1, 0.15) is 17.3 Å². The first-order valence-corrected chi connectivity index (χ1v) is 8.45. The highest BCUT2D eigenvalue weighted by Crippen LogP contribution is 2.12. The smallest absolute Gasteiger partial charge is 0.413 e. The zero-order valence-corrected chi connectivity index (χ0v) is 14.1. The Morgan fingerprint density at radius 1 is 1.24 bits per heavy atom. The van der Waals surface area contributed by atoms with Gasteiger partial charge in [-0.05, 0) is 25.1 Å². The molecule has 0 aliphatic heterocycles. The predicted octanol–water partition coefficient (Wildman–Crippen LogP) is 0.0276. The van der Waals surface area contributed by atoms with Gasteiger partial charge < -0.3 is 9.47 Å². The Labute approximate surface area is 144 Å². The predicted molar refractivity (Wildman–Crippen MR) is 85.9 cm³/mol. The molecule has 1 aromatic carbocycles. The Bertz CT molecular complexity index is 796. The maximum absolute atomic E-state index is 11.9. The number of hydrogen-bond donors (Lipinski definition) is 2. The van der Waals surface area contributed by atoms with Crippen LogP contribution in [0.3, 0.4) is 0 Å².